The fourth-order valence-electron chi connectivity index (χ4n) is 1.30. The molecule has 0 atom stereocenters. The topological polar surface area (TPSA) is 38.9 Å². The van der Waals surface area contributed by atoms with Crippen molar-refractivity contribution >= 4 is 16.6 Å². The molecule has 1 aromatic carbocycles. The Labute approximate surface area is 97.3 Å². The number of nitrogen functional groups attached to an aromatic ring is 1. The second-order valence-electron chi connectivity index (χ2n) is 3.15. The van der Waals surface area contributed by atoms with Gasteiger partial charge in [0.15, 0.2) is 0 Å². The zero-order valence-electron chi connectivity index (χ0n) is 9.55. The molecule has 0 aliphatic heterocycles. The van der Waals surface area contributed by atoms with E-state index in [-0.39, 0.29) is 0 Å². The van der Waals surface area contributed by atoms with E-state index in [1.54, 1.807) is 6.07 Å². The minimum atomic E-state index is -4.41. The van der Waals surface area contributed by atoms with Crippen molar-refractivity contribution in [2.24, 2.45) is 0 Å². The third-order valence-electron chi connectivity index (χ3n) is 2.00. The van der Waals surface area contributed by atoms with Crippen LogP contribution < -0.4 is 5.73 Å². The minimum Gasteiger partial charge on any atom is -0.399 e. The van der Waals surface area contributed by atoms with E-state index < -0.39 is 11.9 Å². The molecule has 0 unspecified atom stereocenters. The minimum absolute atomic E-state index is 0.291. The molecule has 2 N–H and O–H groups in total. The van der Waals surface area contributed by atoms with E-state index in [1.807, 2.05) is 13.8 Å². The highest BCUT2D eigenvalue weighted by Gasteiger charge is 2.32. The second-order valence-corrected chi connectivity index (χ2v) is 3.15. The number of halogens is 3. The van der Waals surface area contributed by atoms with Gasteiger partial charge in [-0.05, 0) is 24.3 Å². The first-order chi connectivity index (χ1) is 7.97. The van der Waals surface area contributed by atoms with E-state index >= 15 is 0 Å². The van der Waals surface area contributed by atoms with Crippen molar-refractivity contribution in [2.75, 3.05) is 5.73 Å². The highest BCUT2D eigenvalue weighted by molar-refractivity contribution is 5.81. The van der Waals surface area contributed by atoms with Crippen LogP contribution in [0.5, 0.6) is 0 Å². The molecule has 5 heteroatoms. The molecule has 0 fully saturated rings. The van der Waals surface area contributed by atoms with Crippen molar-refractivity contribution in [1.82, 2.24) is 4.98 Å². The van der Waals surface area contributed by atoms with E-state index in [0.29, 0.717) is 16.6 Å². The van der Waals surface area contributed by atoms with E-state index in [0.717, 1.165) is 6.07 Å². The average molecular weight is 242 g/mol. The summed E-state index contributed by atoms with van der Waals surface area (Å²) >= 11 is 0. The molecule has 2 nitrogen and oxygen atoms in total. The first kappa shape index (κ1) is 13.3. The molecule has 0 aliphatic carbocycles. The lowest BCUT2D eigenvalue weighted by molar-refractivity contribution is -0.140. The van der Waals surface area contributed by atoms with Crippen molar-refractivity contribution in [3.05, 3.63) is 36.0 Å². The molecule has 0 bridgehead atoms. The number of nitrogens with zero attached hydrogens (tertiary/aromatic N) is 1. The number of fused-ring (bicyclic) bond motifs is 1. The number of hydrogen-bond donors (Lipinski definition) is 1. The van der Waals surface area contributed by atoms with Gasteiger partial charge in [-0.1, -0.05) is 19.9 Å². The van der Waals surface area contributed by atoms with Gasteiger partial charge in [-0.15, -0.1) is 0 Å². The maximum Gasteiger partial charge on any atom is 0.433 e. The van der Waals surface area contributed by atoms with Crippen LogP contribution in [-0.2, 0) is 6.18 Å². The summed E-state index contributed by atoms with van der Waals surface area (Å²) in [5.74, 6) is 0. The zero-order valence-corrected chi connectivity index (χ0v) is 9.55. The van der Waals surface area contributed by atoms with E-state index in [9.17, 15) is 13.2 Å². The van der Waals surface area contributed by atoms with Gasteiger partial charge in [0.05, 0.1) is 5.52 Å². The Morgan fingerprint density at radius 3 is 2.29 bits per heavy atom. The Bertz CT molecular complexity index is 507. The molecule has 0 amide bonds. The normalized spacial score (nSPS) is 10.9. The van der Waals surface area contributed by atoms with Crippen LogP contribution in [0.15, 0.2) is 30.3 Å². The van der Waals surface area contributed by atoms with Crippen LogP contribution in [0.1, 0.15) is 19.5 Å². The Hall–Kier alpha value is -1.78. The molecule has 1 heterocycles. The Balaban J connectivity index is 0.000000686. The smallest absolute Gasteiger partial charge is 0.399 e. The summed E-state index contributed by atoms with van der Waals surface area (Å²) in [7, 11) is 0. The zero-order chi connectivity index (χ0) is 13.1. The predicted octanol–water partition coefficient (Wildman–Crippen LogP) is 3.86. The number of hydrogen-bond acceptors (Lipinski definition) is 2. The Morgan fingerprint density at radius 1 is 1.06 bits per heavy atom. The van der Waals surface area contributed by atoms with Crippen molar-refractivity contribution < 1.29 is 13.2 Å². The first-order valence-electron chi connectivity index (χ1n) is 5.20. The van der Waals surface area contributed by atoms with Gasteiger partial charge >= 0.3 is 6.18 Å². The maximum absolute atomic E-state index is 12.3. The SMILES string of the molecule is CC.Nc1ccc2nc(C(F)(F)F)ccc2c1. The standard InChI is InChI=1S/C10H7F3N2.C2H6/c11-10(12,13)9-4-1-6-5-7(14)2-3-8(6)15-9;1-2/h1-5H,14H2;1-2H3. The van der Waals surface area contributed by atoms with Gasteiger partial charge in [0, 0.05) is 11.1 Å². The third kappa shape index (κ3) is 3.09. The summed E-state index contributed by atoms with van der Waals surface area (Å²) in [6.07, 6.45) is -4.41. The lowest BCUT2D eigenvalue weighted by Gasteiger charge is -2.06. The number of aromatic nitrogens is 1. The highest BCUT2D eigenvalue weighted by Crippen LogP contribution is 2.29. The number of pyridine rings is 1. The molecule has 0 radical (unpaired) electrons. The molecule has 0 spiro atoms. The molecule has 0 aliphatic rings. The number of anilines is 1. The number of nitrogens with two attached hydrogens (primary N) is 1. The van der Waals surface area contributed by atoms with Crippen molar-refractivity contribution in [1.29, 1.82) is 0 Å². The van der Waals surface area contributed by atoms with Gasteiger partial charge in [-0.2, -0.15) is 13.2 Å². The second kappa shape index (κ2) is 5.03. The molecular formula is C12H13F3N2. The monoisotopic (exact) mass is 242 g/mol. The summed E-state index contributed by atoms with van der Waals surface area (Å²) in [6.45, 7) is 4.00. The lowest BCUT2D eigenvalue weighted by Crippen LogP contribution is -2.07. The van der Waals surface area contributed by atoms with Crippen LogP contribution in [0, 0.1) is 0 Å². The molecule has 0 saturated carbocycles. The van der Waals surface area contributed by atoms with Crippen LogP contribution in [0.3, 0.4) is 0 Å². The van der Waals surface area contributed by atoms with Gasteiger partial charge < -0.3 is 5.73 Å². The van der Waals surface area contributed by atoms with Gasteiger partial charge in [-0.3, -0.25) is 0 Å². The van der Waals surface area contributed by atoms with Crippen molar-refractivity contribution in [3.8, 4) is 0 Å². The van der Waals surface area contributed by atoms with Gasteiger partial charge in [0.2, 0.25) is 0 Å². The van der Waals surface area contributed by atoms with E-state index in [1.165, 1.54) is 18.2 Å². The van der Waals surface area contributed by atoms with E-state index in [2.05, 4.69) is 4.98 Å². The Morgan fingerprint density at radius 2 is 1.71 bits per heavy atom. The van der Waals surface area contributed by atoms with Crippen molar-refractivity contribution in [2.45, 2.75) is 20.0 Å². The van der Waals surface area contributed by atoms with Crippen molar-refractivity contribution in [3.63, 3.8) is 0 Å². The number of alkyl halides is 3. The fraction of sp³-hybridized carbons (Fsp3) is 0.250. The largest absolute Gasteiger partial charge is 0.433 e. The summed E-state index contributed by atoms with van der Waals surface area (Å²) in [4.78, 5) is 3.51. The number of benzene rings is 1. The number of rotatable bonds is 0. The first-order valence-corrected chi connectivity index (χ1v) is 5.20. The summed E-state index contributed by atoms with van der Waals surface area (Å²) in [5.41, 5.74) is 5.40. The van der Waals surface area contributed by atoms with Gasteiger partial charge in [0.25, 0.3) is 0 Å². The molecule has 0 saturated heterocycles. The summed E-state index contributed by atoms with van der Waals surface area (Å²) in [6, 6.07) is 6.89. The molecule has 1 aromatic heterocycles. The van der Waals surface area contributed by atoms with Gasteiger partial charge in [-0.25, -0.2) is 4.98 Å². The summed E-state index contributed by atoms with van der Waals surface area (Å²) in [5, 5.41) is 0.600. The fourth-order valence-corrected chi connectivity index (χ4v) is 1.30. The quantitative estimate of drug-likeness (QED) is 0.712. The molecule has 17 heavy (non-hydrogen) atoms. The molecular weight excluding hydrogens is 229 g/mol. The molecule has 2 rings (SSSR count). The van der Waals surface area contributed by atoms with Crippen LogP contribution in [0.25, 0.3) is 10.9 Å². The third-order valence-corrected chi connectivity index (χ3v) is 2.00. The highest BCUT2D eigenvalue weighted by atomic mass is 19.4. The Kier molecular flexibility index (Phi) is 3.93. The maximum atomic E-state index is 12.3. The van der Waals surface area contributed by atoms with Crippen LogP contribution in [-0.4, -0.2) is 4.98 Å². The summed E-state index contributed by atoms with van der Waals surface area (Å²) < 4.78 is 36.9. The van der Waals surface area contributed by atoms with E-state index in [4.69, 9.17) is 5.73 Å². The predicted molar refractivity (Wildman–Crippen MR) is 62.5 cm³/mol. The van der Waals surface area contributed by atoms with Crippen LogP contribution in [0.2, 0.25) is 0 Å². The average Bonchev–Trinajstić information content (AvgIpc) is 2.29. The van der Waals surface area contributed by atoms with Crippen LogP contribution >= 0.6 is 0 Å². The lowest BCUT2D eigenvalue weighted by atomic mass is 10.2. The molecule has 2 aromatic rings. The molecule has 92 valence electrons. The van der Waals surface area contributed by atoms with Gasteiger partial charge in [0.1, 0.15) is 5.69 Å². The van der Waals surface area contributed by atoms with Crippen LogP contribution in [0.4, 0.5) is 18.9 Å².